The molecule has 1 saturated carbocycles. The maximum atomic E-state index is 13.0. The lowest BCUT2D eigenvalue weighted by atomic mass is 9.91. The van der Waals surface area contributed by atoms with Gasteiger partial charge in [-0.05, 0) is 48.6 Å². The summed E-state index contributed by atoms with van der Waals surface area (Å²) >= 11 is 0. The van der Waals surface area contributed by atoms with E-state index in [0.717, 1.165) is 18.4 Å². The van der Waals surface area contributed by atoms with Gasteiger partial charge in [-0.25, -0.2) is 4.39 Å². The summed E-state index contributed by atoms with van der Waals surface area (Å²) in [4.78, 5) is 12.5. The lowest BCUT2D eigenvalue weighted by Crippen LogP contribution is -2.32. The number of hydrogen-bond donors (Lipinski definition) is 1. The van der Waals surface area contributed by atoms with E-state index in [1.165, 1.54) is 37.1 Å². The number of benzene rings is 2. The van der Waals surface area contributed by atoms with Gasteiger partial charge in [-0.15, -0.1) is 0 Å². The molecule has 0 spiro atoms. The second kappa shape index (κ2) is 6.73. The largest absolute Gasteiger partial charge is 0.345 e. The highest BCUT2D eigenvalue weighted by Crippen LogP contribution is 2.35. The molecule has 1 aliphatic carbocycles. The minimum absolute atomic E-state index is 0.0289. The van der Waals surface area contributed by atoms with Gasteiger partial charge < -0.3 is 5.32 Å². The summed E-state index contributed by atoms with van der Waals surface area (Å²) in [6.07, 6.45) is 4.73. The minimum Gasteiger partial charge on any atom is -0.345 e. The number of hydrogen-bond acceptors (Lipinski definition) is 1. The second-order valence-electron chi connectivity index (χ2n) is 5.91. The van der Waals surface area contributed by atoms with Crippen molar-refractivity contribution in [3.05, 3.63) is 71.5 Å². The Hall–Kier alpha value is -2.16. The Morgan fingerprint density at radius 1 is 1.00 bits per heavy atom. The first-order valence-electron chi connectivity index (χ1n) is 7.85. The van der Waals surface area contributed by atoms with Crippen LogP contribution in [0, 0.1) is 11.7 Å². The summed E-state index contributed by atoms with van der Waals surface area (Å²) in [5.41, 5.74) is 1.64. The molecule has 3 rings (SSSR count). The first kappa shape index (κ1) is 14.8. The number of nitrogens with one attached hydrogen (secondary N) is 1. The average Bonchev–Trinajstić information content (AvgIpc) is 3.08. The SMILES string of the molecule is O=C(NC(c1ccccc1)C1CCCC1)c1ccc(F)cc1. The highest BCUT2D eigenvalue weighted by atomic mass is 19.1. The van der Waals surface area contributed by atoms with Gasteiger partial charge in [0.05, 0.1) is 6.04 Å². The van der Waals surface area contributed by atoms with Crippen LogP contribution in [0.4, 0.5) is 4.39 Å². The third-order valence-electron chi connectivity index (χ3n) is 4.42. The Balaban J connectivity index is 1.80. The van der Waals surface area contributed by atoms with E-state index in [1.807, 2.05) is 18.2 Å². The maximum absolute atomic E-state index is 13.0. The van der Waals surface area contributed by atoms with E-state index in [4.69, 9.17) is 0 Å². The van der Waals surface area contributed by atoms with Gasteiger partial charge in [-0.3, -0.25) is 4.79 Å². The number of rotatable bonds is 4. The second-order valence-corrected chi connectivity index (χ2v) is 5.91. The lowest BCUT2D eigenvalue weighted by Gasteiger charge is -2.25. The van der Waals surface area contributed by atoms with E-state index in [-0.39, 0.29) is 17.8 Å². The van der Waals surface area contributed by atoms with Crippen LogP contribution >= 0.6 is 0 Å². The van der Waals surface area contributed by atoms with Crippen LogP contribution in [0.2, 0.25) is 0 Å². The molecule has 1 amide bonds. The molecule has 0 aromatic heterocycles. The first-order chi connectivity index (χ1) is 10.7. The maximum Gasteiger partial charge on any atom is 0.251 e. The van der Waals surface area contributed by atoms with Gasteiger partial charge in [-0.2, -0.15) is 0 Å². The normalized spacial score (nSPS) is 16.4. The van der Waals surface area contributed by atoms with Crippen LogP contribution in [0.15, 0.2) is 54.6 Å². The quantitative estimate of drug-likeness (QED) is 0.885. The van der Waals surface area contributed by atoms with Gasteiger partial charge in [0.25, 0.3) is 5.91 Å². The third-order valence-corrected chi connectivity index (χ3v) is 4.42. The summed E-state index contributed by atoms with van der Waals surface area (Å²) in [5, 5.41) is 3.15. The molecule has 0 bridgehead atoms. The fraction of sp³-hybridized carbons (Fsp3) is 0.316. The van der Waals surface area contributed by atoms with Crippen molar-refractivity contribution in [3.8, 4) is 0 Å². The molecule has 2 nitrogen and oxygen atoms in total. The first-order valence-corrected chi connectivity index (χ1v) is 7.85. The van der Waals surface area contributed by atoms with E-state index in [2.05, 4.69) is 17.4 Å². The predicted octanol–water partition coefficient (Wildman–Crippen LogP) is 4.49. The highest BCUT2D eigenvalue weighted by molar-refractivity contribution is 5.94. The van der Waals surface area contributed by atoms with Crippen molar-refractivity contribution in [1.29, 1.82) is 0 Å². The van der Waals surface area contributed by atoms with Gasteiger partial charge >= 0.3 is 0 Å². The third kappa shape index (κ3) is 3.35. The fourth-order valence-corrected chi connectivity index (χ4v) is 3.25. The summed E-state index contributed by atoms with van der Waals surface area (Å²) in [6.45, 7) is 0. The Bertz CT molecular complexity index is 618. The minimum atomic E-state index is -0.327. The summed E-state index contributed by atoms with van der Waals surface area (Å²) in [5.74, 6) is 0.0134. The van der Waals surface area contributed by atoms with Gasteiger partial charge in [0.1, 0.15) is 5.82 Å². The zero-order valence-electron chi connectivity index (χ0n) is 12.5. The monoisotopic (exact) mass is 297 g/mol. The molecule has 1 unspecified atom stereocenters. The molecule has 1 atom stereocenters. The molecule has 3 heteroatoms. The van der Waals surface area contributed by atoms with Crippen molar-refractivity contribution in [1.82, 2.24) is 5.32 Å². The van der Waals surface area contributed by atoms with Crippen molar-refractivity contribution in [3.63, 3.8) is 0 Å². The molecule has 0 heterocycles. The molecule has 1 fully saturated rings. The molecule has 2 aromatic carbocycles. The Kier molecular flexibility index (Phi) is 4.52. The zero-order valence-corrected chi connectivity index (χ0v) is 12.5. The van der Waals surface area contributed by atoms with Crippen molar-refractivity contribution in [2.75, 3.05) is 0 Å². The van der Waals surface area contributed by atoms with Crippen molar-refractivity contribution in [2.24, 2.45) is 5.92 Å². The van der Waals surface area contributed by atoms with E-state index in [9.17, 15) is 9.18 Å². The standard InChI is InChI=1S/C19H20FNO/c20-17-12-10-16(11-13-17)19(22)21-18(15-8-4-5-9-15)14-6-2-1-3-7-14/h1-3,6-7,10-13,15,18H,4-5,8-9H2,(H,21,22). The number of carbonyl (C=O) groups is 1. The molecule has 1 N–H and O–H groups in total. The number of amides is 1. The Labute approximate surface area is 130 Å². The average molecular weight is 297 g/mol. The van der Waals surface area contributed by atoms with Crippen LogP contribution in [0.3, 0.4) is 0 Å². The molecule has 1 aliphatic rings. The molecule has 114 valence electrons. The van der Waals surface area contributed by atoms with Crippen molar-refractivity contribution < 1.29 is 9.18 Å². The van der Waals surface area contributed by atoms with Crippen LogP contribution in [0.1, 0.15) is 47.6 Å². The van der Waals surface area contributed by atoms with Gasteiger partial charge in [-0.1, -0.05) is 43.2 Å². The van der Waals surface area contributed by atoms with E-state index in [0.29, 0.717) is 11.5 Å². The smallest absolute Gasteiger partial charge is 0.251 e. The van der Waals surface area contributed by atoms with Crippen molar-refractivity contribution in [2.45, 2.75) is 31.7 Å². The van der Waals surface area contributed by atoms with Crippen LogP contribution in [0.5, 0.6) is 0 Å². The number of halogens is 1. The van der Waals surface area contributed by atoms with E-state index < -0.39 is 0 Å². The van der Waals surface area contributed by atoms with Crippen LogP contribution < -0.4 is 5.32 Å². The fourth-order valence-electron chi connectivity index (χ4n) is 3.25. The topological polar surface area (TPSA) is 29.1 Å². The lowest BCUT2D eigenvalue weighted by molar-refractivity contribution is 0.0921. The van der Waals surface area contributed by atoms with Crippen molar-refractivity contribution >= 4 is 5.91 Å². The summed E-state index contributed by atoms with van der Waals surface area (Å²) in [6, 6.07) is 15.8. The van der Waals surface area contributed by atoms with Gasteiger partial charge in [0.2, 0.25) is 0 Å². The Morgan fingerprint density at radius 2 is 1.64 bits per heavy atom. The van der Waals surface area contributed by atoms with Crippen LogP contribution in [-0.2, 0) is 0 Å². The van der Waals surface area contributed by atoms with Crippen LogP contribution in [0.25, 0.3) is 0 Å². The zero-order chi connectivity index (χ0) is 15.4. The molecule has 2 aromatic rings. The Morgan fingerprint density at radius 3 is 2.27 bits per heavy atom. The highest BCUT2D eigenvalue weighted by Gasteiger charge is 2.27. The molecule has 0 saturated heterocycles. The number of carbonyl (C=O) groups excluding carboxylic acids is 1. The van der Waals surface area contributed by atoms with E-state index >= 15 is 0 Å². The molecular formula is C19H20FNO. The summed E-state index contributed by atoms with van der Waals surface area (Å²) < 4.78 is 13.0. The van der Waals surface area contributed by atoms with Gasteiger partial charge in [0, 0.05) is 5.56 Å². The molecule has 0 radical (unpaired) electrons. The molecular weight excluding hydrogens is 277 g/mol. The summed E-state index contributed by atoms with van der Waals surface area (Å²) in [7, 11) is 0. The molecule has 22 heavy (non-hydrogen) atoms. The molecule has 0 aliphatic heterocycles. The van der Waals surface area contributed by atoms with Crippen LogP contribution in [-0.4, -0.2) is 5.91 Å². The van der Waals surface area contributed by atoms with E-state index in [1.54, 1.807) is 0 Å². The van der Waals surface area contributed by atoms with Gasteiger partial charge in [0.15, 0.2) is 0 Å². The predicted molar refractivity (Wildman–Crippen MR) is 85.0 cm³/mol.